The van der Waals surface area contributed by atoms with E-state index in [1.807, 2.05) is 0 Å². The molecule has 0 saturated heterocycles. The molecule has 0 saturated carbocycles. The van der Waals surface area contributed by atoms with Crippen molar-refractivity contribution in [2.24, 2.45) is 5.92 Å². The minimum Gasteiger partial charge on any atom is -0.331 e. The van der Waals surface area contributed by atoms with Gasteiger partial charge in [0.1, 0.15) is 0 Å². The number of rotatable bonds is 2. The monoisotopic (exact) mass is 290 g/mol. The van der Waals surface area contributed by atoms with Gasteiger partial charge < -0.3 is 10.6 Å². The van der Waals surface area contributed by atoms with Crippen molar-refractivity contribution in [3.8, 4) is 0 Å². The summed E-state index contributed by atoms with van der Waals surface area (Å²) in [5, 5.41) is 6.59. The quantitative estimate of drug-likeness (QED) is 0.820. The average molecular weight is 291 g/mol. The smallest absolute Gasteiger partial charge is 0.228 e. The van der Waals surface area contributed by atoms with Gasteiger partial charge in [-0.3, -0.25) is 4.79 Å². The third-order valence-electron chi connectivity index (χ3n) is 1.94. The molecule has 1 aromatic rings. The van der Waals surface area contributed by atoms with Crippen LogP contribution >= 0.6 is 35.4 Å². The number of thiocarbonyl (C=S) groups is 1. The highest BCUT2D eigenvalue weighted by atomic mass is 35.5. The van der Waals surface area contributed by atoms with Crippen LogP contribution in [0.3, 0.4) is 0 Å². The molecule has 1 aromatic carbocycles. The lowest BCUT2D eigenvalue weighted by Crippen LogP contribution is -2.36. The van der Waals surface area contributed by atoms with Gasteiger partial charge >= 0.3 is 0 Å². The van der Waals surface area contributed by atoms with Gasteiger partial charge in [0.25, 0.3) is 0 Å². The zero-order valence-electron chi connectivity index (χ0n) is 9.38. The van der Waals surface area contributed by atoms with Gasteiger partial charge in [-0.2, -0.15) is 0 Å². The molecule has 0 aliphatic rings. The molecule has 1 rings (SSSR count). The summed E-state index contributed by atoms with van der Waals surface area (Å²) in [7, 11) is 0. The number of carbonyl (C=O) groups is 1. The number of hydrogen-bond donors (Lipinski definition) is 2. The summed E-state index contributed by atoms with van der Waals surface area (Å²) < 4.78 is 0. The van der Waals surface area contributed by atoms with E-state index in [0.29, 0.717) is 15.7 Å². The normalized spacial score (nSPS) is 10.2. The number of halogens is 2. The van der Waals surface area contributed by atoms with Gasteiger partial charge in [0, 0.05) is 10.9 Å². The van der Waals surface area contributed by atoms with E-state index < -0.39 is 0 Å². The summed E-state index contributed by atoms with van der Waals surface area (Å²) >= 11 is 16.7. The molecule has 0 heterocycles. The summed E-state index contributed by atoms with van der Waals surface area (Å²) in [6.45, 7) is 3.57. The SMILES string of the molecule is CC(C)C(=O)NC(=S)Nc1ccc(Cl)cc1Cl. The van der Waals surface area contributed by atoms with Crippen LogP contribution < -0.4 is 10.6 Å². The van der Waals surface area contributed by atoms with E-state index in [1.165, 1.54) is 0 Å². The fourth-order valence-corrected chi connectivity index (χ4v) is 1.67. The molecule has 0 atom stereocenters. The molecule has 17 heavy (non-hydrogen) atoms. The molecule has 1 amide bonds. The van der Waals surface area contributed by atoms with Crippen molar-refractivity contribution in [1.29, 1.82) is 0 Å². The van der Waals surface area contributed by atoms with E-state index in [1.54, 1.807) is 32.0 Å². The minimum atomic E-state index is -0.146. The number of carbonyl (C=O) groups excluding carboxylic acids is 1. The highest BCUT2D eigenvalue weighted by Crippen LogP contribution is 2.25. The Kier molecular flexibility index (Phi) is 5.18. The van der Waals surface area contributed by atoms with Gasteiger partial charge in [0.05, 0.1) is 10.7 Å². The molecule has 0 radical (unpaired) electrons. The van der Waals surface area contributed by atoms with Crippen LogP contribution in [-0.2, 0) is 4.79 Å². The second kappa shape index (κ2) is 6.19. The van der Waals surface area contributed by atoms with Crippen molar-refractivity contribution in [3.63, 3.8) is 0 Å². The van der Waals surface area contributed by atoms with E-state index >= 15 is 0 Å². The second-order valence-corrected chi connectivity index (χ2v) is 4.97. The van der Waals surface area contributed by atoms with Crippen molar-refractivity contribution in [2.45, 2.75) is 13.8 Å². The fourth-order valence-electron chi connectivity index (χ4n) is 1.00. The zero-order valence-corrected chi connectivity index (χ0v) is 11.7. The third kappa shape index (κ3) is 4.50. The van der Waals surface area contributed by atoms with Gasteiger partial charge in [0.2, 0.25) is 5.91 Å². The van der Waals surface area contributed by atoms with Crippen LogP contribution in [0, 0.1) is 5.92 Å². The van der Waals surface area contributed by atoms with E-state index in [2.05, 4.69) is 10.6 Å². The molecule has 0 aliphatic heterocycles. The number of amides is 1. The summed E-state index contributed by atoms with van der Waals surface area (Å²) in [4.78, 5) is 11.4. The number of nitrogens with one attached hydrogen (secondary N) is 2. The number of benzene rings is 1. The van der Waals surface area contributed by atoms with Crippen LogP contribution in [0.5, 0.6) is 0 Å². The summed E-state index contributed by atoms with van der Waals surface area (Å²) in [5.41, 5.74) is 0.602. The molecule has 0 spiro atoms. The number of anilines is 1. The van der Waals surface area contributed by atoms with Gasteiger partial charge in [0.15, 0.2) is 5.11 Å². The Bertz CT molecular complexity index is 449. The maximum Gasteiger partial charge on any atom is 0.228 e. The Labute approximate surface area is 115 Å². The molecule has 0 fully saturated rings. The fraction of sp³-hybridized carbons (Fsp3) is 0.273. The molecule has 0 unspecified atom stereocenters. The van der Waals surface area contributed by atoms with E-state index in [0.717, 1.165) is 0 Å². The third-order valence-corrected chi connectivity index (χ3v) is 2.69. The predicted molar refractivity (Wildman–Crippen MR) is 75.7 cm³/mol. The standard InChI is InChI=1S/C11H12Cl2N2OS/c1-6(2)10(16)15-11(17)14-9-4-3-7(12)5-8(9)13/h3-6H,1-2H3,(H2,14,15,16,17). The van der Waals surface area contributed by atoms with Crippen LogP contribution in [0.15, 0.2) is 18.2 Å². The van der Waals surface area contributed by atoms with Gasteiger partial charge in [-0.25, -0.2) is 0 Å². The highest BCUT2D eigenvalue weighted by Gasteiger charge is 2.09. The molecular formula is C11H12Cl2N2OS. The number of hydrogen-bond acceptors (Lipinski definition) is 2. The predicted octanol–water partition coefficient (Wildman–Crippen LogP) is 3.46. The molecule has 6 heteroatoms. The first-order valence-corrected chi connectivity index (χ1v) is 6.13. The van der Waals surface area contributed by atoms with Crippen LogP contribution in [0.4, 0.5) is 5.69 Å². The van der Waals surface area contributed by atoms with Gasteiger partial charge in [-0.15, -0.1) is 0 Å². The topological polar surface area (TPSA) is 41.1 Å². The average Bonchev–Trinajstić information content (AvgIpc) is 2.22. The van der Waals surface area contributed by atoms with Crippen LogP contribution in [0.25, 0.3) is 0 Å². The van der Waals surface area contributed by atoms with Crippen molar-refractivity contribution < 1.29 is 4.79 Å². The highest BCUT2D eigenvalue weighted by molar-refractivity contribution is 7.80. The second-order valence-electron chi connectivity index (χ2n) is 3.72. The lowest BCUT2D eigenvalue weighted by molar-refractivity contribution is -0.122. The Morgan fingerprint density at radius 3 is 2.53 bits per heavy atom. The zero-order chi connectivity index (χ0) is 13.0. The van der Waals surface area contributed by atoms with Crippen LogP contribution in [0.2, 0.25) is 10.0 Å². The summed E-state index contributed by atoms with van der Waals surface area (Å²) in [6.07, 6.45) is 0. The van der Waals surface area contributed by atoms with Crippen molar-refractivity contribution in [1.82, 2.24) is 5.32 Å². The molecule has 3 nitrogen and oxygen atoms in total. The van der Waals surface area contributed by atoms with Crippen LogP contribution in [0.1, 0.15) is 13.8 Å². The first-order valence-electron chi connectivity index (χ1n) is 4.97. The molecule has 0 aliphatic carbocycles. The Balaban J connectivity index is 2.65. The summed E-state index contributed by atoms with van der Waals surface area (Å²) in [6, 6.07) is 4.97. The van der Waals surface area contributed by atoms with Gasteiger partial charge in [-0.1, -0.05) is 37.0 Å². The Morgan fingerprint density at radius 1 is 1.35 bits per heavy atom. The Hall–Kier alpha value is -0.840. The maximum atomic E-state index is 11.4. The van der Waals surface area contributed by atoms with E-state index in [-0.39, 0.29) is 16.9 Å². The van der Waals surface area contributed by atoms with Crippen molar-refractivity contribution >= 4 is 52.1 Å². The lowest BCUT2D eigenvalue weighted by Gasteiger charge is -2.12. The largest absolute Gasteiger partial charge is 0.331 e. The first-order chi connectivity index (χ1) is 7.90. The van der Waals surface area contributed by atoms with Crippen molar-refractivity contribution in [3.05, 3.63) is 28.2 Å². The van der Waals surface area contributed by atoms with E-state index in [9.17, 15) is 4.79 Å². The van der Waals surface area contributed by atoms with Crippen LogP contribution in [-0.4, -0.2) is 11.0 Å². The van der Waals surface area contributed by atoms with E-state index in [4.69, 9.17) is 35.4 Å². The molecule has 0 aromatic heterocycles. The molecule has 92 valence electrons. The first kappa shape index (κ1) is 14.2. The van der Waals surface area contributed by atoms with Crippen molar-refractivity contribution in [2.75, 3.05) is 5.32 Å². The molecular weight excluding hydrogens is 279 g/mol. The Morgan fingerprint density at radius 2 is 2.00 bits per heavy atom. The molecule has 2 N–H and O–H groups in total. The lowest BCUT2D eigenvalue weighted by atomic mass is 10.2. The summed E-state index contributed by atoms with van der Waals surface area (Å²) in [5.74, 6) is -0.275. The van der Waals surface area contributed by atoms with Gasteiger partial charge in [-0.05, 0) is 30.4 Å². The molecule has 0 bridgehead atoms. The minimum absolute atomic E-state index is 0.129. The maximum absolute atomic E-state index is 11.4.